The second-order valence-electron chi connectivity index (χ2n) is 2.88. The number of carboxylic acid groups (broad SMARTS) is 1. The van der Waals surface area contributed by atoms with Crippen LogP contribution in [0.4, 0.5) is 0 Å². The molecule has 0 bridgehead atoms. The van der Waals surface area contributed by atoms with Gasteiger partial charge in [0.05, 0.1) is 18.6 Å². The number of thiophene rings is 1. The summed E-state index contributed by atoms with van der Waals surface area (Å²) in [7, 11) is 0. The first kappa shape index (κ1) is 11.7. The number of aromatic carboxylic acids is 1. The van der Waals surface area contributed by atoms with E-state index in [-0.39, 0.29) is 11.3 Å². The number of nitrogens with zero attached hydrogens (tertiary/aromatic N) is 1. The summed E-state index contributed by atoms with van der Waals surface area (Å²) in [4.78, 5) is 11.0. The topological polar surface area (TPSA) is 102 Å². The number of aliphatic hydroxyl groups is 2. The zero-order valence-corrected chi connectivity index (χ0v) is 8.44. The first-order chi connectivity index (χ1) is 7.06. The molecule has 1 aromatic heterocycles. The number of nitriles is 1. The average Bonchev–Trinajstić information content (AvgIpc) is 2.65. The van der Waals surface area contributed by atoms with Crippen LogP contribution in [0, 0.1) is 11.3 Å². The minimum atomic E-state index is -1.21. The van der Waals surface area contributed by atoms with E-state index in [1.54, 1.807) is 6.07 Å². The van der Waals surface area contributed by atoms with Gasteiger partial charge in [0.2, 0.25) is 0 Å². The van der Waals surface area contributed by atoms with Crippen LogP contribution in [0.3, 0.4) is 0 Å². The smallest absolute Gasteiger partial charge is 0.345 e. The van der Waals surface area contributed by atoms with Crippen LogP contribution < -0.4 is 0 Å². The minimum absolute atomic E-state index is 0.0909. The van der Waals surface area contributed by atoms with Crippen LogP contribution in [0.15, 0.2) is 12.1 Å². The Kier molecular flexibility index (Phi) is 3.80. The van der Waals surface area contributed by atoms with Crippen LogP contribution in [-0.4, -0.2) is 27.4 Å². The molecule has 15 heavy (non-hydrogen) atoms. The fourth-order valence-electron chi connectivity index (χ4n) is 1.02. The Labute approximate surface area is 89.8 Å². The second-order valence-corrected chi connectivity index (χ2v) is 4.00. The summed E-state index contributed by atoms with van der Waals surface area (Å²) in [5.41, 5.74) is 0. The van der Waals surface area contributed by atoms with Crippen molar-refractivity contribution in [3.8, 4) is 6.07 Å². The van der Waals surface area contributed by atoms with Gasteiger partial charge >= 0.3 is 5.97 Å². The van der Waals surface area contributed by atoms with Crippen molar-refractivity contribution in [1.82, 2.24) is 0 Å². The number of hydrogen-bond acceptors (Lipinski definition) is 5. The SMILES string of the molecule is N#CCC(O)C(O)c1ccc(C(=O)O)s1. The lowest BCUT2D eigenvalue weighted by Crippen LogP contribution is -2.16. The first-order valence-corrected chi connectivity index (χ1v) is 4.94. The first-order valence-electron chi connectivity index (χ1n) is 4.12. The molecule has 1 rings (SSSR count). The minimum Gasteiger partial charge on any atom is -0.477 e. The molecule has 0 saturated carbocycles. The van der Waals surface area contributed by atoms with Gasteiger partial charge in [-0.15, -0.1) is 11.3 Å². The van der Waals surface area contributed by atoms with Crippen LogP contribution in [-0.2, 0) is 0 Å². The van der Waals surface area contributed by atoms with Gasteiger partial charge in [-0.05, 0) is 12.1 Å². The van der Waals surface area contributed by atoms with Crippen molar-refractivity contribution in [2.24, 2.45) is 0 Å². The third-order valence-corrected chi connectivity index (χ3v) is 2.94. The molecule has 2 atom stereocenters. The van der Waals surface area contributed by atoms with Gasteiger partial charge in [0, 0.05) is 4.88 Å². The normalized spacial score (nSPS) is 14.2. The third kappa shape index (κ3) is 2.76. The van der Waals surface area contributed by atoms with Crippen LogP contribution in [0.1, 0.15) is 27.1 Å². The van der Waals surface area contributed by atoms with Crippen LogP contribution in [0.2, 0.25) is 0 Å². The van der Waals surface area contributed by atoms with Gasteiger partial charge < -0.3 is 15.3 Å². The Bertz CT molecular complexity index is 395. The van der Waals surface area contributed by atoms with Crippen LogP contribution in [0.5, 0.6) is 0 Å². The Morgan fingerprint density at radius 3 is 2.67 bits per heavy atom. The molecule has 0 aliphatic heterocycles. The molecule has 0 radical (unpaired) electrons. The highest BCUT2D eigenvalue weighted by Gasteiger charge is 2.20. The molecule has 5 nitrogen and oxygen atoms in total. The lowest BCUT2D eigenvalue weighted by molar-refractivity contribution is 0.0238. The molecule has 0 aliphatic carbocycles. The van der Waals surface area contributed by atoms with E-state index in [4.69, 9.17) is 10.4 Å². The highest BCUT2D eigenvalue weighted by atomic mass is 32.1. The maximum absolute atomic E-state index is 10.5. The standard InChI is InChI=1S/C9H9NO4S/c10-4-3-5(11)8(12)6-1-2-7(15-6)9(13)14/h1-2,5,8,11-12H,3H2,(H,13,14). The van der Waals surface area contributed by atoms with E-state index in [1.165, 1.54) is 12.1 Å². The zero-order valence-electron chi connectivity index (χ0n) is 7.62. The van der Waals surface area contributed by atoms with E-state index in [1.807, 2.05) is 0 Å². The quantitative estimate of drug-likeness (QED) is 0.704. The van der Waals surface area contributed by atoms with Gasteiger partial charge in [0.25, 0.3) is 0 Å². The molecule has 1 aromatic rings. The summed E-state index contributed by atoms with van der Waals surface area (Å²) in [6, 6.07) is 4.51. The number of carboxylic acids is 1. The maximum Gasteiger partial charge on any atom is 0.345 e. The molecule has 0 aliphatic rings. The maximum atomic E-state index is 10.5. The highest BCUT2D eigenvalue weighted by molar-refractivity contribution is 7.14. The summed E-state index contributed by atoms with van der Waals surface area (Å²) in [5.74, 6) is -1.08. The van der Waals surface area contributed by atoms with Gasteiger partial charge in [-0.3, -0.25) is 0 Å². The monoisotopic (exact) mass is 227 g/mol. The molecule has 0 fully saturated rings. The van der Waals surface area contributed by atoms with E-state index in [0.29, 0.717) is 4.88 Å². The largest absolute Gasteiger partial charge is 0.477 e. The van der Waals surface area contributed by atoms with Crippen molar-refractivity contribution in [2.45, 2.75) is 18.6 Å². The fourth-order valence-corrected chi connectivity index (χ4v) is 1.91. The molecule has 0 saturated heterocycles. The van der Waals surface area contributed by atoms with Gasteiger partial charge in [0.15, 0.2) is 0 Å². The predicted octanol–water partition coefficient (Wildman–Crippen LogP) is 0.754. The number of aliphatic hydroxyl groups excluding tert-OH is 2. The molecule has 1 heterocycles. The van der Waals surface area contributed by atoms with E-state index < -0.39 is 18.2 Å². The molecular weight excluding hydrogens is 218 g/mol. The number of carbonyl (C=O) groups is 1. The molecule has 80 valence electrons. The van der Waals surface area contributed by atoms with Gasteiger partial charge in [-0.2, -0.15) is 5.26 Å². The molecule has 6 heteroatoms. The highest BCUT2D eigenvalue weighted by Crippen LogP contribution is 2.26. The van der Waals surface area contributed by atoms with Crippen molar-refractivity contribution in [2.75, 3.05) is 0 Å². The molecular formula is C9H9NO4S. The van der Waals surface area contributed by atoms with Gasteiger partial charge in [-0.1, -0.05) is 0 Å². The number of rotatable bonds is 4. The summed E-state index contributed by atoms with van der Waals surface area (Å²) in [6.07, 6.45) is -2.58. The molecule has 0 spiro atoms. The van der Waals surface area contributed by atoms with E-state index >= 15 is 0 Å². The summed E-state index contributed by atoms with van der Waals surface area (Å²) < 4.78 is 0. The molecule has 0 amide bonds. The van der Waals surface area contributed by atoms with Crippen LogP contribution >= 0.6 is 11.3 Å². The van der Waals surface area contributed by atoms with Crippen molar-refractivity contribution in [1.29, 1.82) is 5.26 Å². The molecule has 0 aromatic carbocycles. The molecule has 3 N–H and O–H groups in total. The Hall–Kier alpha value is -1.42. The fraction of sp³-hybridized carbons (Fsp3) is 0.333. The van der Waals surface area contributed by atoms with Crippen molar-refractivity contribution in [3.63, 3.8) is 0 Å². The summed E-state index contributed by atoms with van der Waals surface area (Å²) in [6.45, 7) is 0. The summed E-state index contributed by atoms with van der Waals surface area (Å²) in [5, 5.41) is 35.8. The predicted molar refractivity (Wildman–Crippen MR) is 52.5 cm³/mol. The lowest BCUT2D eigenvalue weighted by Gasteiger charge is -2.12. The third-order valence-electron chi connectivity index (χ3n) is 1.79. The van der Waals surface area contributed by atoms with E-state index in [2.05, 4.69) is 0 Å². The van der Waals surface area contributed by atoms with E-state index in [0.717, 1.165) is 11.3 Å². The van der Waals surface area contributed by atoms with Gasteiger partial charge in [-0.25, -0.2) is 4.79 Å². The average molecular weight is 227 g/mol. The van der Waals surface area contributed by atoms with Crippen LogP contribution in [0.25, 0.3) is 0 Å². The van der Waals surface area contributed by atoms with E-state index in [9.17, 15) is 15.0 Å². The van der Waals surface area contributed by atoms with Crippen molar-refractivity contribution >= 4 is 17.3 Å². The summed E-state index contributed by atoms with van der Waals surface area (Å²) >= 11 is 0.884. The molecule has 2 unspecified atom stereocenters. The Balaban J connectivity index is 2.78. The van der Waals surface area contributed by atoms with Crippen molar-refractivity contribution < 1.29 is 20.1 Å². The van der Waals surface area contributed by atoms with Crippen molar-refractivity contribution in [3.05, 3.63) is 21.9 Å². The Morgan fingerprint density at radius 2 is 2.20 bits per heavy atom. The van der Waals surface area contributed by atoms with Gasteiger partial charge in [0.1, 0.15) is 11.0 Å². The Morgan fingerprint density at radius 1 is 1.53 bits per heavy atom. The second kappa shape index (κ2) is 4.89. The zero-order chi connectivity index (χ0) is 11.4. The lowest BCUT2D eigenvalue weighted by atomic mass is 10.1. The number of hydrogen-bond donors (Lipinski definition) is 3.